The maximum atomic E-state index is 12.8. The lowest BCUT2D eigenvalue weighted by Gasteiger charge is -2.24. The molecule has 134 valence electrons. The Morgan fingerprint density at radius 3 is 2.80 bits per heavy atom. The monoisotopic (exact) mass is 352 g/mol. The van der Waals surface area contributed by atoms with Gasteiger partial charge in [0.2, 0.25) is 11.8 Å². The van der Waals surface area contributed by atoms with Gasteiger partial charge in [-0.1, -0.05) is 12.2 Å². The summed E-state index contributed by atoms with van der Waals surface area (Å²) in [7, 11) is 0. The first-order chi connectivity index (χ1) is 11.9. The van der Waals surface area contributed by atoms with E-state index in [0.29, 0.717) is 31.3 Å². The second kappa shape index (κ2) is 6.04. The number of pyridine rings is 1. The maximum Gasteiger partial charge on any atom is 0.416 e. The van der Waals surface area contributed by atoms with Crippen molar-refractivity contribution in [1.29, 1.82) is 0 Å². The Bertz CT molecular complexity index is 704. The minimum Gasteiger partial charge on any atom is -0.472 e. The number of fused-ring (bicyclic) bond motifs is 2. The predicted molar refractivity (Wildman–Crippen MR) is 83.7 cm³/mol. The first kappa shape index (κ1) is 16.4. The molecule has 25 heavy (non-hydrogen) atoms. The van der Waals surface area contributed by atoms with E-state index in [4.69, 9.17) is 4.74 Å². The van der Waals surface area contributed by atoms with Gasteiger partial charge in [0.25, 0.3) is 0 Å². The molecule has 1 amide bonds. The van der Waals surface area contributed by atoms with Crippen molar-refractivity contribution in [2.24, 2.45) is 17.8 Å². The molecule has 0 N–H and O–H groups in total. The Morgan fingerprint density at radius 1 is 1.28 bits per heavy atom. The van der Waals surface area contributed by atoms with Crippen LogP contribution in [0.3, 0.4) is 0 Å². The molecule has 1 aliphatic heterocycles. The van der Waals surface area contributed by atoms with Gasteiger partial charge in [0.05, 0.1) is 12.1 Å². The van der Waals surface area contributed by atoms with Crippen molar-refractivity contribution in [3.63, 3.8) is 0 Å². The largest absolute Gasteiger partial charge is 0.472 e. The zero-order valence-electron chi connectivity index (χ0n) is 13.6. The summed E-state index contributed by atoms with van der Waals surface area (Å²) in [6, 6.07) is 1.82. The van der Waals surface area contributed by atoms with Crippen molar-refractivity contribution in [2.45, 2.75) is 31.5 Å². The average molecular weight is 352 g/mol. The highest BCUT2D eigenvalue weighted by molar-refractivity contribution is 5.80. The number of nitrogens with zero attached hydrogens (tertiary/aromatic N) is 2. The van der Waals surface area contributed by atoms with E-state index in [1.807, 2.05) is 0 Å². The normalized spacial score (nSPS) is 30.9. The molecule has 1 saturated carbocycles. The van der Waals surface area contributed by atoms with Crippen molar-refractivity contribution in [2.75, 3.05) is 13.1 Å². The number of amides is 1. The van der Waals surface area contributed by atoms with Crippen molar-refractivity contribution in [1.82, 2.24) is 9.88 Å². The van der Waals surface area contributed by atoms with Crippen LogP contribution in [0.5, 0.6) is 5.88 Å². The lowest BCUT2D eigenvalue weighted by Crippen LogP contribution is -2.37. The fourth-order valence-corrected chi connectivity index (χ4v) is 4.14. The lowest BCUT2D eigenvalue weighted by molar-refractivity contribution is -0.137. The number of halogens is 3. The molecular weight excluding hydrogens is 333 g/mol. The minimum absolute atomic E-state index is 0.0445. The lowest BCUT2D eigenvalue weighted by atomic mass is 9.92. The summed E-state index contributed by atoms with van der Waals surface area (Å²) in [5.74, 6) is 1.04. The van der Waals surface area contributed by atoms with E-state index in [0.717, 1.165) is 31.2 Å². The average Bonchev–Trinajstić information content (AvgIpc) is 3.30. The summed E-state index contributed by atoms with van der Waals surface area (Å²) in [6.45, 7) is 0.994. The highest BCUT2D eigenvalue weighted by Gasteiger charge is 2.43. The first-order valence-corrected chi connectivity index (χ1v) is 8.57. The van der Waals surface area contributed by atoms with Gasteiger partial charge >= 0.3 is 6.18 Å². The molecule has 2 fully saturated rings. The number of hydrogen-bond donors (Lipinski definition) is 0. The fourth-order valence-electron chi connectivity index (χ4n) is 4.14. The molecule has 2 heterocycles. The molecule has 4 unspecified atom stereocenters. The molecule has 2 bridgehead atoms. The van der Waals surface area contributed by atoms with Crippen molar-refractivity contribution < 1.29 is 22.7 Å². The summed E-state index contributed by atoms with van der Waals surface area (Å²) in [5, 5.41) is 0. The summed E-state index contributed by atoms with van der Waals surface area (Å²) in [4.78, 5) is 18.3. The topological polar surface area (TPSA) is 42.4 Å². The number of alkyl halides is 3. The molecular formula is C18H19F3N2O2. The van der Waals surface area contributed by atoms with Crippen LogP contribution in [-0.2, 0) is 11.0 Å². The second-order valence-corrected chi connectivity index (χ2v) is 7.08. The number of hydrogen-bond acceptors (Lipinski definition) is 3. The van der Waals surface area contributed by atoms with Gasteiger partial charge in [-0.25, -0.2) is 4.98 Å². The van der Waals surface area contributed by atoms with Crippen LogP contribution >= 0.6 is 0 Å². The van der Waals surface area contributed by atoms with Gasteiger partial charge in [-0.15, -0.1) is 0 Å². The maximum absolute atomic E-state index is 12.8. The van der Waals surface area contributed by atoms with Crippen LogP contribution in [0.15, 0.2) is 30.5 Å². The number of aromatic nitrogens is 1. The third kappa shape index (κ3) is 3.24. The highest BCUT2D eigenvalue weighted by atomic mass is 19.4. The summed E-state index contributed by atoms with van der Waals surface area (Å²) < 4.78 is 43.9. The van der Waals surface area contributed by atoms with E-state index >= 15 is 0 Å². The van der Waals surface area contributed by atoms with E-state index in [1.54, 1.807) is 4.90 Å². The Labute approximate surface area is 143 Å². The Balaban J connectivity index is 1.37. The van der Waals surface area contributed by atoms with Crippen molar-refractivity contribution in [3.8, 4) is 5.88 Å². The smallest absolute Gasteiger partial charge is 0.416 e. The van der Waals surface area contributed by atoms with E-state index in [9.17, 15) is 18.0 Å². The third-order valence-electron chi connectivity index (χ3n) is 5.40. The molecule has 1 aromatic rings. The van der Waals surface area contributed by atoms with Crippen LogP contribution in [0.25, 0.3) is 0 Å². The number of likely N-dealkylation sites (tertiary alicyclic amines) is 1. The first-order valence-electron chi connectivity index (χ1n) is 8.57. The molecule has 1 aromatic heterocycles. The molecule has 3 aliphatic rings. The van der Waals surface area contributed by atoms with Crippen LogP contribution < -0.4 is 4.74 Å². The number of carbonyl (C=O) groups is 1. The van der Waals surface area contributed by atoms with Gasteiger partial charge in [-0.3, -0.25) is 4.79 Å². The van der Waals surface area contributed by atoms with Crippen molar-refractivity contribution >= 4 is 5.91 Å². The summed E-state index contributed by atoms with van der Waals surface area (Å²) >= 11 is 0. The predicted octanol–water partition coefficient (Wildman–Crippen LogP) is 3.29. The molecule has 4 nitrogen and oxygen atoms in total. The Morgan fingerprint density at radius 2 is 2.12 bits per heavy atom. The minimum atomic E-state index is -4.42. The van der Waals surface area contributed by atoms with E-state index < -0.39 is 11.7 Å². The van der Waals surface area contributed by atoms with Gasteiger partial charge in [-0.2, -0.15) is 13.2 Å². The molecule has 4 atom stereocenters. The summed E-state index contributed by atoms with van der Waals surface area (Å²) in [5.41, 5.74) is -0.780. The number of carbonyl (C=O) groups excluding carboxylic acids is 1. The highest BCUT2D eigenvalue weighted by Crippen LogP contribution is 2.44. The van der Waals surface area contributed by atoms with E-state index in [2.05, 4.69) is 17.1 Å². The van der Waals surface area contributed by atoms with Crippen LogP contribution in [0, 0.1) is 17.8 Å². The van der Waals surface area contributed by atoms with Crippen LogP contribution in [0.2, 0.25) is 0 Å². The van der Waals surface area contributed by atoms with Gasteiger partial charge in [0, 0.05) is 31.1 Å². The number of allylic oxidation sites excluding steroid dienone is 2. The Hall–Kier alpha value is -2.05. The molecule has 1 saturated heterocycles. The standard InChI is InChI=1S/C18H19F3N2O2/c19-18(20,21)13-3-5-22-16(9-13)25-14-4-6-23(10-14)17(24)15-8-11-1-2-12(15)7-11/h1-3,5,9,11-12,14-15H,4,6-8,10H2. The van der Waals surface area contributed by atoms with Gasteiger partial charge in [0.1, 0.15) is 6.10 Å². The molecule has 7 heteroatoms. The molecule has 4 rings (SSSR count). The van der Waals surface area contributed by atoms with Crippen LogP contribution in [0.1, 0.15) is 24.8 Å². The summed E-state index contributed by atoms with van der Waals surface area (Å²) in [6.07, 6.45) is 3.30. The molecule has 0 radical (unpaired) electrons. The van der Waals surface area contributed by atoms with Gasteiger partial charge < -0.3 is 9.64 Å². The molecule has 0 spiro atoms. The van der Waals surface area contributed by atoms with E-state index in [1.165, 1.54) is 0 Å². The Kier molecular flexibility index (Phi) is 3.96. The fraction of sp³-hybridized carbons (Fsp3) is 0.556. The number of ether oxygens (including phenoxy) is 1. The zero-order valence-corrected chi connectivity index (χ0v) is 13.6. The quantitative estimate of drug-likeness (QED) is 0.784. The zero-order chi connectivity index (χ0) is 17.6. The number of rotatable bonds is 3. The van der Waals surface area contributed by atoms with E-state index in [-0.39, 0.29) is 23.8 Å². The molecule has 0 aromatic carbocycles. The van der Waals surface area contributed by atoms with Gasteiger partial charge in [0.15, 0.2) is 0 Å². The van der Waals surface area contributed by atoms with Crippen LogP contribution in [0.4, 0.5) is 13.2 Å². The SMILES string of the molecule is O=C(C1CC2C=CC1C2)N1CCC(Oc2cc(C(F)(F)F)ccn2)C1. The van der Waals surface area contributed by atoms with Gasteiger partial charge in [-0.05, 0) is 30.7 Å². The van der Waals surface area contributed by atoms with Crippen molar-refractivity contribution in [3.05, 3.63) is 36.0 Å². The third-order valence-corrected chi connectivity index (χ3v) is 5.40. The van der Waals surface area contributed by atoms with Crippen LogP contribution in [-0.4, -0.2) is 35.0 Å². The molecule has 2 aliphatic carbocycles. The second-order valence-electron chi connectivity index (χ2n) is 7.08.